The molecule has 0 atom stereocenters. The van der Waals surface area contributed by atoms with E-state index in [9.17, 15) is 18.0 Å². The molecule has 33 heavy (non-hydrogen) atoms. The molecule has 0 bridgehead atoms. The molecule has 0 aliphatic rings. The molecule has 0 radical (unpaired) electrons. The van der Waals surface area contributed by atoms with Crippen molar-refractivity contribution < 1.29 is 13.2 Å². The second-order valence-electron chi connectivity index (χ2n) is 7.44. The summed E-state index contributed by atoms with van der Waals surface area (Å²) in [6, 6.07) is 15.3. The third-order valence-electron chi connectivity index (χ3n) is 5.29. The number of aryl methyl sites for hydroxylation is 1. The van der Waals surface area contributed by atoms with E-state index in [0.29, 0.717) is 10.9 Å². The van der Waals surface area contributed by atoms with Crippen LogP contribution < -0.4 is 5.56 Å². The molecule has 9 heteroatoms. The first kappa shape index (κ1) is 21.3. The molecule has 5 nitrogen and oxygen atoms in total. The van der Waals surface area contributed by atoms with Gasteiger partial charge >= 0.3 is 192 Å². The minimum atomic E-state index is -4.53. The Kier molecular flexibility index (Phi) is 5.23. The molecule has 0 saturated heterocycles. The molecule has 0 N–H and O–H groups in total. The van der Waals surface area contributed by atoms with E-state index in [1.807, 2.05) is 19.1 Å². The molecule has 5 rings (SSSR count). The number of hydrogen-bond acceptors (Lipinski definition) is 4. The average Bonchev–Trinajstić information content (AvgIpc) is 3.29. The Morgan fingerprint density at radius 2 is 1.73 bits per heavy atom. The van der Waals surface area contributed by atoms with Crippen molar-refractivity contribution in [2.45, 2.75) is 13.1 Å². The van der Waals surface area contributed by atoms with Crippen LogP contribution in [0.25, 0.3) is 39.8 Å². The van der Waals surface area contributed by atoms with Gasteiger partial charge in [-0.05, 0) is 0 Å². The van der Waals surface area contributed by atoms with E-state index in [-0.39, 0.29) is 26.5 Å². The first-order valence-corrected chi connectivity index (χ1v) is 11.5. The average molecular weight is 511 g/mol. The molecule has 3 aromatic carbocycles. The van der Waals surface area contributed by atoms with Gasteiger partial charge < -0.3 is 0 Å². The summed E-state index contributed by atoms with van der Waals surface area (Å²) in [6.07, 6.45) is -1.14. The van der Waals surface area contributed by atoms with Crippen molar-refractivity contribution in [2.24, 2.45) is 0 Å². The zero-order chi connectivity index (χ0) is 23.2. The fourth-order valence-electron chi connectivity index (χ4n) is 3.64. The molecule has 0 aliphatic carbocycles. The summed E-state index contributed by atoms with van der Waals surface area (Å²) < 4.78 is 50.1. The third-order valence-corrected chi connectivity index (χ3v) is 6.40. The van der Waals surface area contributed by atoms with Gasteiger partial charge in [0.15, 0.2) is 0 Å². The van der Waals surface area contributed by atoms with Gasteiger partial charge in [-0.25, -0.2) is 0 Å². The van der Waals surface area contributed by atoms with E-state index in [2.05, 4.69) is 12.9 Å². The Bertz CT molecular complexity index is 1600. The summed E-state index contributed by atoms with van der Waals surface area (Å²) >= 11 is -0.210. The van der Waals surface area contributed by atoms with E-state index in [0.717, 1.165) is 34.3 Å². The number of hydrogen-bond donors (Lipinski definition) is 0. The second-order valence-corrected chi connectivity index (χ2v) is 8.55. The Labute approximate surface area is 192 Å². The minimum absolute atomic E-state index is 0.0879. The standard InChI is InChI=1S/C24H15F3N4OSe/c1-14-9-10-15(22-21(14)29-33-30-22)11-12-20-28-19-8-3-2-7-18(19)23(32)31(20)17-6-4-5-16(13-17)24(25,26)27/h2-13H,1H3/b12-11+. The van der Waals surface area contributed by atoms with Crippen LogP contribution in [0.3, 0.4) is 0 Å². The number of alkyl halides is 3. The van der Waals surface area contributed by atoms with Gasteiger partial charge in [0.2, 0.25) is 0 Å². The van der Waals surface area contributed by atoms with Crippen molar-refractivity contribution in [2.75, 3.05) is 0 Å². The van der Waals surface area contributed by atoms with Crippen LogP contribution in [0.4, 0.5) is 13.2 Å². The number of nitrogens with zero attached hydrogens (tertiary/aromatic N) is 4. The van der Waals surface area contributed by atoms with Crippen molar-refractivity contribution in [1.29, 1.82) is 0 Å². The van der Waals surface area contributed by atoms with E-state index in [4.69, 9.17) is 0 Å². The van der Waals surface area contributed by atoms with E-state index >= 15 is 0 Å². The fraction of sp³-hybridized carbons (Fsp3) is 0.0833. The number of aromatic nitrogens is 4. The van der Waals surface area contributed by atoms with Gasteiger partial charge in [-0.15, -0.1) is 0 Å². The molecule has 0 aliphatic heterocycles. The predicted molar refractivity (Wildman–Crippen MR) is 122 cm³/mol. The maximum atomic E-state index is 13.3. The molecule has 2 aromatic heterocycles. The summed E-state index contributed by atoms with van der Waals surface area (Å²) in [4.78, 5) is 17.9. The van der Waals surface area contributed by atoms with Gasteiger partial charge in [-0.1, -0.05) is 0 Å². The normalized spacial score (nSPS) is 12.2. The van der Waals surface area contributed by atoms with Crippen LogP contribution >= 0.6 is 0 Å². The Morgan fingerprint density at radius 1 is 0.939 bits per heavy atom. The number of halogens is 3. The van der Waals surface area contributed by atoms with Gasteiger partial charge in [0, 0.05) is 0 Å². The summed E-state index contributed by atoms with van der Waals surface area (Å²) in [7, 11) is 0. The molecule has 5 aromatic rings. The van der Waals surface area contributed by atoms with Crippen LogP contribution in [0, 0.1) is 6.92 Å². The van der Waals surface area contributed by atoms with Crippen LogP contribution in [0.2, 0.25) is 0 Å². The first-order chi connectivity index (χ1) is 15.8. The molecule has 0 saturated carbocycles. The Morgan fingerprint density at radius 3 is 2.55 bits per heavy atom. The molecule has 0 unspecified atom stereocenters. The third kappa shape index (κ3) is 3.90. The van der Waals surface area contributed by atoms with Crippen molar-refractivity contribution in [1.82, 2.24) is 17.5 Å². The summed E-state index contributed by atoms with van der Waals surface area (Å²) in [6.45, 7) is 1.96. The first-order valence-electron chi connectivity index (χ1n) is 9.92. The summed E-state index contributed by atoms with van der Waals surface area (Å²) in [5.74, 6) is 0.216. The molecule has 2 heterocycles. The second kappa shape index (κ2) is 8.10. The Balaban J connectivity index is 1.73. The van der Waals surface area contributed by atoms with Crippen LogP contribution in [0.5, 0.6) is 0 Å². The maximum absolute atomic E-state index is 13.3. The summed E-state index contributed by atoms with van der Waals surface area (Å²) in [5.41, 5.74) is 2.71. The predicted octanol–water partition coefficient (Wildman–Crippen LogP) is 4.88. The van der Waals surface area contributed by atoms with Gasteiger partial charge in [0.05, 0.1) is 0 Å². The van der Waals surface area contributed by atoms with Crippen molar-refractivity contribution in [3.63, 3.8) is 0 Å². The molecule has 0 spiro atoms. The zero-order valence-electron chi connectivity index (χ0n) is 17.2. The Hall–Kier alpha value is -3.55. The van der Waals surface area contributed by atoms with Crippen LogP contribution in [-0.2, 0) is 6.18 Å². The fourth-order valence-corrected chi connectivity index (χ4v) is 4.96. The number of benzene rings is 3. The van der Waals surface area contributed by atoms with Crippen molar-refractivity contribution >= 4 is 49.1 Å². The quantitative estimate of drug-likeness (QED) is 0.324. The molecule has 0 fully saturated rings. The van der Waals surface area contributed by atoms with E-state index < -0.39 is 17.3 Å². The van der Waals surface area contributed by atoms with Gasteiger partial charge in [0.25, 0.3) is 0 Å². The van der Waals surface area contributed by atoms with Gasteiger partial charge in [0.1, 0.15) is 0 Å². The van der Waals surface area contributed by atoms with Gasteiger partial charge in [-0.2, -0.15) is 0 Å². The SMILES string of the molecule is Cc1ccc(/C=C/c2nc3ccccc3c(=O)n2-c2cccc(C(F)(F)F)c2)c2n[se]nc12. The van der Waals surface area contributed by atoms with E-state index in [1.54, 1.807) is 36.4 Å². The summed E-state index contributed by atoms with van der Waals surface area (Å²) in [5, 5.41) is 0.319. The van der Waals surface area contributed by atoms with Crippen LogP contribution in [0.15, 0.2) is 65.5 Å². The molecular weight excluding hydrogens is 496 g/mol. The van der Waals surface area contributed by atoms with Crippen molar-refractivity contribution in [3.05, 3.63) is 93.5 Å². The topological polar surface area (TPSA) is 60.7 Å². The monoisotopic (exact) mass is 512 g/mol. The van der Waals surface area contributed by atoms with Crippen molar-refractivity contribution in [3.8, 4) is 5.69 Å². The van der Waals surface area contributed by atoms with Gasteiger partial charge in [-0.3, -0.25) is 0 Å². The van der Waals surface area contributed by atoms with Crippen LogP contribution in [0.1, 0.15) is 22.5 Å². The number of para-hydroxylation sites is 1. The van der Waals surface area contributed by atoms with E-state index in [1.165, 1.54) is 16.7 Å². The van der Waals surface area contributed by atoms with Crippen LogP contribution in [-0.4, -0.2) is 32.5 Å². The molecular formula is C24H15F3N4OSe. The molecule has 164 valence electrons. The zero-order valence-corrected chi connectivity index (χ0v) is 18.9. The number of fused-ring (bicyclic) bond motifs is 2. The number of rotatable bonds is 3. The molecule has 0 amide bonds.